The lowest BCUT2D eigenvalue weighted by molar-refractivity contribution is -0.117. The molecule has 1 N–H and O–H groups in total. The Balaban J connectivity index is 1.96. The maximum atomic E-state index is 12.7. The molecular weight excluding hydrogens is 352 g/mol. The van der Waals surface area contributed by atoms with E-state index in [-0.39, 0.29) is 18.0 Å². The van der Waals surface area contributed by atoms with E-state index in [1.54, 1.807) is 30.3 Å². The summed E-state index contributed by atoms with van der Waals surface area (Å²) in [6, 6.07) is 12.5. The van der Waals surface area contributed by atoms with Crippen molar-refractivity contribution in [3.05, 3.63) is 63.4 Å². The third-order valence-corrected chi connectivity index (χ3v) is 4.52. The van der Waals surface area contributed by atoms with E-state index in [1.165, 1.54) is 4.68 Å². The van der Waals surface area contributed by atoms with Gasteiger partial charge >= 0.3 is 0 Å². The third kappa shape index (κ3) is 3.41. The van der Waals surface area contributed by atoms with Crippen LogP contribution >= 0.6 is 11.6 Å². The number of aromatic nitrogens is 2. The van der Waals surface area contributed by atoms with Crippen molar-refractivity contribution in [2.24, 2.45) is 0 Å². The molecule has 0 bridgehead atoms. The van der Waals surface area contributed by atoms with Crippen LogP contribution in [-0.2, 0) is 11.3 Å². The van der Waals surface area contributed by atoms with Crippen molar-refractivity contribution >= 4 is 39.8 Å². The van der Waals surface area contributed by atoms with Gasteiger partial charge in [-0.15, -0.1) is 0 Å². The molecule has 2 aromatic carbocycles. The minimum absolute atomic E-state index is 0.184. The normalized spacial score (nSPS) is 10.8. The highest BCUT2D eigenvalue weighted by Gasteiger charge is 2.14. The number of anilines is 2. The van der Waals surface area contributed by atoms with Crippen molar-refractivity contribution in [3.8, 4) is 0 Å². The maximum absolute atomic E-state index is 12.7. The van der Waals surface area contributed by atoms with E-state index < -0.39 is 0 Å². The number of nitrogens with one attached hydrogen (secondary N) is 1. The van der Waals surface area contributed by atoms with Crippen molar-refractivity contribution in [1.82, 2.24) is 9.78 Å². The second-order valence-electron chi connectivity index (χ2n) is 6.19. The van der Waals surface area contributed by atoms with E-state index in [9.17, 15) is 9.59 Å². The predicted octanol–water partition coefficient (Wildman–Crippen LogP) is 3.06. The second kappa shape index (κ2) is 7.17. The molecule has 0 saturated heterocycles. The Hall–Kier alpha value is -2.86. The quantitative estimate of drug-likeness (QED) is 0.766. The molecule has 0 atom stereocenters. The summed E-state index contributed by atoms with van der Waals surface area (Å²) in [4.78, 5) is 27.0. The van der Waals surface area contributed by atoms with Crippen molar-refractivity contribution in [3.63, 3.8) is 0 Å². The van der Waals surface area contributed by atoms with Crippen LogP contribution in [0, 0.1) is 6.92 Å². The molecule has 7 heteroatoms. The molecule has 0 fully saturated rings. The summed E-state index contributed by atoms with van der Waals surface area (Å²) in [6.07, 6.45) is 0. The van der Waals surface area contributed by atoms with E-state index in [1.807, 2.05) is 38.1 Å². The summed E-state index contributed by atoms with van der Waals surface area (Å²) < 4.78 is 1.19. The van der Waals surface area contributed by atoms with Crippen LogP contribution in [0.2, 0.25) is 5.02 Å². The lowest BCUT2D eigenvalue weighted by atomic mass is 10.2. The van der Waals surface area contributed by atoms with Gasteiger partial charge in [0, 0.05) is 30.2 Å². The van der Waals surface area contributed by atoms with Crippen LogP contribution in [0.4, 0.5) is 11.5 Å². The third-order valence-electron chi connectivity index (χ3n) is 4.11. The molecule has 6 nitrogen and oxygen atoms in total. The molecule has 3 aromatic rings. The Morgan fingerprint density at radius 2 is 1.85 bits per heavy atom. The standard InChI is InChI=1S/C19H19ClN4O2/c1-12-15(20)9-6-10-16(12)21-17(25)11-24-19(26)14-8-5-4-7-13(14)18(22-24)23(2)3/h4-10H,11H2,1-3H3,(H,21,25). The largest absolute Gasteiger partial charge is 0.361 e. The predicted molar refractivity (Wildman–Crippen MR) is 105 cm³/mol. The van der Waals surface area contributed by atoms with E-state index >= 15 is 0 Å². The lowest BCUT2D eigenvalue weighted by Gasteiger charge is -2.16. The molecule has 1 aromatic heterocycles. The van der Waals surface area contributed by atoms with Crippen LogP contribution in [0.1, 0.15) is 5.56 Å². The number of nitrogens with zero attached hydrogens (tertiary/aromatic N) is 3. The molecule has 3 rings (SSSR count). The van der Waals surface area contributed by atoms with Crippen LogP contribution in [0.5, 0.6) is 0 Å². The molecule has 0 aliphatic rings. The summed E-state index contributed by atoms with van der Waals surface area (Å²) >= 11 is 6.08. The van der Waals surface area contributed by atoms with Crippen LogP contribution in [-0.4, -0.2) is 29.8 Å². The smallest absolute Gasteiger partial charge is 0.275 e. The molecule has 0 aliphatic carbocycles. The van der Waals surface area contributed by atoms with Gasteiger partial charge in [0.2, 0.25) is 5.91 Å². The minimum Gasteiger partial charge on any atom is -0.361 e. The molecule has 0 saturated carbocycles. The number of rotatable bonds is 4. The summed E-state index contributed by atoms with van der Waals surface area (Å²) in [5.74, 6) is 0.289. The van der Waals surface area contributed by atoms with E-state index in [0.29, 0.717) is 21.9 Å². The first-order chi connectivity index (χ1) is 12.4. The average molecular weight is 371 g/mol. The Morgan fingerprint density at radius 1 is 1.15 bits per heavy atom. The fourth-order valence-electron chi connectivity index (χ4n) is 2.72. The van der Waals surface area contributed by atoms with E-state index in [0.717, 1.165) is 10.9 Å². The van der Waals surface area contributed by atoms with Crippen LogP contribution in [0.15, 0.2) is 47.3 Å². The number of carbonyl (C=O) groups excluding carboxylic acids is 1. The molecule has 1 heterocycles. The Labute approximate surface area is 156 Å². The SMILES string of the molecule is Cc1c(Cl)cccc1NC(=O)Cn1nc(N(C)C)c2ccccc2c1=O. The van der Waals surface area contributed by atoms with Gasteiger partial charge in [0.1, 0.15) is 6.54 Å². The lowest BCUT2D eigenvalue weighted by Crippen LogP contribution is -2.31. The summed E-state index contributed by atoms with van der Waals surface area (Å²) in [7, 11) is 3.69. The highest BCUT2D eigenvalue weighted by Crippen LogP contribution is 2.23. The highest BCUT2D eigenvalue weighted by molar-refractivity contribution is 6.31. The molecular formula is C19H19ClN4O2. The number of hydrogen-bond acceptors (Lipinski definition) is 4. The van der Waals surface area contributed by atoms with E-state index in [4.69, 9.17) is 11.6 Å². The Kier molecular flexibility index (Phi) is 4.95. The van der Waals surface area contributed by atoms with Crippen LogP contribution in [0.3, 0.4) is 0 Å². The van der Waals surface area contributed by atoms with E-state index in [2.05, 4.69) is 10.4 Å². The van der Waals surface area contributed by atoms with Crippen molar-refractivity contribution < 1.29 is 4.79 Å². The highest BCUT2D eigenvalue weighted by atomic mass is 35.5. The van der Waals surface area contributed by atoms with Gasteiger partial charge in [-0.3, -0.25) is 9.59 Å². The molecule has 0 unspecified atom stereocenters. The Bertz CT molecular complexity index is 1040. The fourth-order valence-corrected chi connectivity index (χ4v) is 2.90. The van der Waals surface area contributed by atoms with Crippen molar-refractivity contribution in [2.75, 3.05) is 24.3 Å². The monoisotopic (exact) mass is 370 g/mol. The zero-order chi connectivity index (χ0) is 18.8. The van der Waals surface area contributed by atoms with Crippen LogP contribution < -0.4 is 15.8 Å². The van der Waals surface area contributed by atoms with Gasteiger partial charge in [0.25, 0.3) is 5.56 Å². The number of fused-ring (bicyclic) bond motifs is 1. The first kappa shape index (κ1) is 17.9. The van der Waals surface area contributed by atoms with Gasteiger partial charge in [-0.25, -0.2) is 4.68 Å². The van der Waals surface area contributed by atoms with Gasteiger partial charge in [0.15, 0.2) is 5.82 Å². The van der Waals surface area contributed by atoms with Gasteiger partial charge in [-0.1, -0.05) is 35.9 Å². The topological polar surface area (TPSA) is 67.2 Å². The Morgan fingerprint density at radius 3 is 2.54 bits per heavy atom. The van der Waals surface area contributed by atoms with Crippen molar-refractivity contribution in [1.29, 1.82) is 0 Å². The molecule has 0 aliphatic heterocycles. The van der Waals surface area contributed by atoms with Gasteiger partial charge < -0.3 is 10.2 Å². The summed E-state index contributed by atoms with van der Waals surface area (Å²) in [5, 5.41) is 9.00. The molecule has 0 spiro atoms. The number of hydrogen-bond donors (Lipinski definition) is 1. The second-order valence-corrected chi connectivity index (χ2v) is 6.59. The first-order valence-corrected chi connectivity index (χ1v) is 8.48. The van der Waals surface area contributed by atoms with Gasteiger partial charge in [-0.2, -0.15) is 5.10 Å². The number of carbonyl (C=O) groups is 1. The zero-order valence-electron chi connectivity index (χ0n) is 14.8. The number of amides is 1. The van der Waals surface area contributed by atoms with Crippen LogP contribution in [0.25, 0.3) is 10.8 Å². The molecule has 0 radical (unpaired) electrons. The number of benzene rings is 2. The van der Waals surface area contributed by atoms with Gasteiger partial charge in [-0.05, 0) is 30.7 Å². The maximum Gasteiger partial charge on any atom is 0.275 e. The van der Waals surface area contributed by atoms with Gasteiger partial charge in [0.05, 0.1) is 5.39 Å². The molecule has 1 amide bonds. The number of halogens is 1. The average Bonchev–Trinajstić information content (AvgIpc) is 2.61. The van der Waals surface area contributed by atoms with Crippen molar-refractivity contribution in [2.45, 2.75) is 13.5 Å². The molecule has 26 heavy (non-hydrogen) atoms. The summed E-state index contributed by atoms with van der Waals surface area (Å²) in [6.45, 7) is 1.64. The minimum atomic E-state index is -0.343. The first-order valence-electron chi connectivity index (χ1n) is 8.10. The zero-order valence-corrected chi connectivity index (χ0v) is 15.5. The fraction of sp³-hybridized carbons (Fsp3) is 0.211. The summed E-state index contributed by atoms with van der Waals surface area (Å²) in [5.41, 5.74) is 1.09. The molecule has 134 valence electrons.